The number of nitrogens with one attached hydrogen (secondary N) is 3. The Morgan fingerprint density at radius 1 is 0.972 bits per heavy atom. The lowest BCUT2D eigenvalue weighted by molar-refractivity contribution is -0.117. The Morgan fingerprint density at radius 3 is 2.44 bits per heavy atom. The summed E-state index contributed by atoms with van der Waals surface area (Å²) in [4.78, 5) is 47.3. The van der Waals surface area contributed by atoms with Gasteiger partial charge in [-0.15, -0.1) is 0 Å². The maximum Gasteiger partial charge on any atom is 0.258 e. The van der Waals surface area contributed by atoms with Crippen LogP contribution in [0.5, 0.6) is 5.75 Å². The first-order chi connectivity index (χ1) is 17.5. The lowest BCUT2D eigenvalue weighted by Crippen LogP contribution is -2.34. The predicted molar refractivity (Wildman–Crippen MR) is 139 cm³/mol. The van der Waals surface area contributed by atoms with E-state index in [1.807, 2.05) is 17.9 Å². The number of rotatable bonds is 9. The van der Waals surface area contributed by atoms with Gasteiger partial charge in [0.15, 0.2) is 0 Å². The smallest absolute Gasteiger partial charge is 0.258 e. The lowest BCUT2D eigenvalue weighted by atomic mass is 10.1. The Balaban J connectivity index is 1.42. The van der Waals surface area contributed by atoms with Gasteiger partial charge in [-0.25, -0.2) is 4.98 Å². The molecule has 4 aromatic rings. The van der Waals surface area contributed by atoms with Crippen LogP contribution in [0.1, 0.15) is 23.1 Å². The van der Waals surface area contributed by atoms with Crippen molar-refractivity contribution in [2.24, 2.45) is 0 Å². The fourth-order valence-corrected chi connectivity index (χ4v) is 3.76. The van der Waals surface area contributed by atoms with E-state index in [9.17, 15) is 14.4 Å². The molecule has 3 aromatic carbocycles. The van der Waals surface area contributed by atoms with E-state index < -0.39 is 0 Å². The molecule has 0 aliphatic rings. The molecule has 0 saturated carbocycles. The fraction of sp³-hybridized carbons (Fsp3) is 0.185. The van der Waals surface area contributed by atoms with Crippen molar-refractivity contribution in [3.05, 3.63) is 94.5 Å². The minimum atomic E-state index is -0.346. The number of H-pyrrole nitrogens is 1. The van der Waals surface area contributed by atoms with E-state index in [2.05, 4.69) is 20.6 Å². The van der Waals surface area contributed by atoms with Crippen LogP contribution in [0.3, 0.4) is 0 Å². The van der Waals surface area contributed by atoms with Gasteiger partial charge in [0.05, 0.1) is 42.4 Å². The number of hydrogen-bond acceptors (Lipinski definition) is 6. The summed E-state index contributed by atoms with van der Waals surface area (Å²) >= 11 is 0. The number of ether oxygens (including phenoxy) is 1. The average molecular weight is 486 g/mol. The number of methoxy groups -OCH3 is 1. The molecule has 184 valence electrons. The third kappa shape index (κ3) is 5.94. The molecule has 0 aliphatic heterocycles. The second kappa shape index (κ2) is 11.3. The first-order valence-corrected chi connectivity index (χ1v) is 11.5. The zero-order chi connectivity index (χ0) is 25.5. The van der Waals surface area contributed by atoms with Crippen LogP contribution < -0.4 is 20.9 Å². The van der Waals surface area contributed by atoms with Crippen molar-refractivity contribution in [3.8, 4) is 5.75 Å². The highest BCUT2D eigenvalue weighted by atomic mass is 16.5. The number of carbonyl (C=O) groups is 2. The maximum atomic E-state index is 12.9. The molecule has 3 N–H and O–H groups in total. The first-order valence-electron chi connectivity index (χ1n) is 11.5. The minimum Gasteiger partial charge on any atom is -0.497 e. The lowest BCUT2D eigenvalue weighted by Gasteiger charge is -2.20. The normalized spacial score (nSPS) is 10.9. The number of hydrogen-bond donors (Lipinski definition) is 3. The second-order valence-corrected chi connectivity index (χ2v) is 8.11. The summed E-state index contributed by atoms with van der Waals surface area (Å²) in [6, 6.07) is 20.9. The van der Waals surface area contributed by atoms with Gasteiger partial charge in [-0.1, -0.05) is 31.2 Å². The third-order valence-electron chi connectivity index (χ3n) is 5.64. The van der Waals surface area contributed by atoms with Crippen molar-refractivity contribution in [1.82, 2.24) is 14.9 Å². The van der Waals surface area contributed by atoms with Gasteiger partial charge in [0, 0.05) is 5.69 Å². The number of carbonyl (C=O) groups excluding carboxylic acids is 2. The molecule has 1 heterocycles. The molecule has 0 fully saturated rings. The molecule has 0 bridgehead atoms. The number of anilines is 2. The zero-order valence-corrected chi connectivity index (χ0v) is 20.1. The van der Waals surface area contributed by atoms with Crippen LogP contribution in [0.25, 0.3) is 10.9 Å². The van der Waals surface area contributed by atoms with Crippen LogP contribution in [0.15, 0.2) is 77.6 Å². The molecule has 9 nitrogen and oxygen atoms in total. The minimum absolute atomic E-state index is 0.0570. The summed E-state index contributed by atoms with van der Waals surface area (Å²) in [5.41, 5.74) is 1.74. The Labute approximate surface area is 208 Å². The molecule has 4 rings (SSSR count). The average Bonchev–Trinajstić information content (AvgIpc) is 2.89. The number of benzene rings is 3. The second-order valence-electron chi connectivity index (χ2n) is 8.11. The van der Waals surface area contributed by atoms with Gasteiger partial charge >= 0.3 is 0 Å². The van der Waals surface area contributed by atoms with E-state index in [1.165, 1.54) is 0 Å². The number of aromatic amines is 1. The van der Waals surface area contributed by atoms with Gasteiger partial charge in [0.1, 0.15) is 11.6 Å². The van der Waals surface area contributed by atoms with Crippen molar-refractivity contribution in [2.45, 2.75) is 13.5 Å². The molecule has 0 aliphatic carbocycles. The molecule has 0 spiro atoms. The number of amides is 2. The Hall–Kier alpha value is -4.50. The van der Waals surface area contributed by atoms with Gasteiger partial charge < -0.3 is 20.4 Å². The molecule has 1 aromatic heterocycles. The summed E-state index contributed by atoms with van der Waals surface area (Å²) in [5, 5.41) is 6.18. The molecule has 2 amide bonds. The molecule has 0 radical (unpaired) electrons. The van der Waals surface area contributed by atoms with E-state index in [1.54, 1.807) is 73.8 Å². The monoisotopic (exact) mass is 485 g/mol. The molecule has 0 atom stereocenters. The van der Waals surface area contributed by atoms with Crippen molar-refractivity contribution in [1.29, 1.82) is 0 Å². The number of para-hydroxylation sites is 2. The topological polar surface area (TPSA) is 116 Å². The standard InChI is InChI=1S/C27H27N5O4/c1-3-32(16-24-29-22-10-6-4-8-20(22)27(35)31-24)17-25(33)30-23-11-7-5-9-21(23)26(34)28-18-12-14-19(36-2)15-13-18/h4-15H,3,16-17H2,1-2H3,(H,28,34)(H,30,33)(H,29,31,35). The Kier molecular flexibility index (Phi) is 7.72. The molecule has 36 heavy (non-hydrogen) atoms. The number of nitrogens with zero attached hydrogens (tertiary/aromatic N) is 2. The Bertz CT molecular complexity index is 1430. The van der Waals surface area contributed by atoms with Crippen molar-refractivity contribution in [3.63, 3.8) is 0 Å². The van der Waals surface area contributed by atoms with Crippen LogP contribution in [0, 0.1) is 0 Å². The van der Waals surface area contributed by atoms with Gasteiger partial charge in [-0.2, -0.15) is 0 Å². The van der Waals surface area contributed by atoms with Gasteiger partial charge in [-0.05, 0) is 55.1 Å². The van der Waals surface area contributed by atoms with Crippen molar-refractivity contribution < 1.29 is 14.3 Å². The highest BCUT2D eigenvalue weighted by molar-refractivity contribution is 6.10. The summed E-state index contributed by atoms with van der Waals surface area (Å²) in [5.74, 6) is 0.530. The SMILES string of the molecule is CCN(CC(=O)Nc1ccccc1C(=O)Nc1ccc(OC)cc1)Cc1nc2ccccc2c(=O)[nH]1. The first kappa shape index (κ1) is 24.6. The van der Waals surface area contributed by atoms with Gasteiger partial charge in [0.2, 0.25) is 5.91 Å². The van der Waals surface area contributed by atoms with E-state index in [0.717, 1.165) is 0 Å². The summed E-state index contributed by atoms with van der Waals surface area (Å²) in [7, 11) is 1.57. The third-order valence-corrected chi connectivity index (χ3v) is 5.64. The van der Waals surface area contributed by atoms with Crippen LogP contribution in [0.2, 0.25) is 0 Å². The largest absolute Gasteiger partial charge is 0.497 e. The quantitative estimate of drug-likeness (QED) is 0.333. The maximum absolute atomic E-state index is 12.9. The van der Waals surface area contributed by atoms with Gasteiger partial charge in [0.25, 0.3) is 11.5 Å². The number of likely N-dealkylation sites (N-methyl/N-ethyl adjacent to an activating group) is 1. The van der Waals surface area contributed by atoms with Crippen LogP contribution in [-0.2, 0) is 11.3 Å². The summed E-state index contributed by atoms with van der Waals surface area (Å²) in [6.45, 7) is 2.83. The van der Waals surface area contributed by atoms with Crippen LogP contribution in [-0.4, -0.2) is 46.9 Å². The van der Waals surface area contributed by atoms with Crippen LogP contribution in [0.4, 0.5) is 11.4 Å². The van der Waals surface area contributed by atoms with Crippen LogP contribution >= 0.6 is 0 Å². The van der Waals surface area contributed by atoms with E-state index >= 15 is 0 Å². The molecular weight excluding hydrogens is 458 g/mol. The van der Waals surface area contributed by atoms with Gasteiger partial charge in [-0.3, -0.25) is 19.3 Å². The molecule has 0 unspecified atom stereocenters. The number of fused-ring (bicyclic) bond motifs is 1. The van der Waals surface area contributed by atoms with Crippen molar-refractivity contribution in [2.75, 3.05) is 30.8 Å². The fourth-order valence-electron chi connectivity index (χ4n) is 3.76. The van der Waals surface area contributed by atoms with E-state index in [4.69, 9.17) is 4.74 Å². The summed E-state index contributed by atoms with van der Waals surface area (Å²) in [6.07, 6.45) is 0. The summed E-state index contributed by atoms with van der Waals surface area (Å²) < 4.78 is 5.14. The predicted octanol–water partition coefficient (Wildman–Crippen LogP) is 3.64. The highest BCUT2D eigenvalue weighted by Gasteiger charge is 2.16. The zero-order valence-electron chi connectivity index (χ0n) is 20.1. The molecule has 0 saturated heterocycles. The Morgan fingerprint density at radius 2 is 1.69 bits per heavy atom. The van der Waals surface area contributed by atoms with E-state index in [0.29, 0.717) is 52.5 Å². The highest BCUT2D eigenvalue weighted by Crippen LogP contribution is 2.19. The molecule has 9 heteroatoms. The number of aromatic nitrogens is 2. The van der Waals surface area contributed by atoms with Crippen molar-refractivity contribution >= 4 is 34.1 Å². The van der Waals surface area contributed by atoms with E-state index in [-0.39, 0.29) is 23.9 Å². The molecular formula is C27H27N5O4.